The molecule has 1 atom stereocenters. The number of rotatable bonds is 2. The molecule has 0 spiro atoms. The molecule has 0 bridgehead atoms. The molecule has 2 rings (SSSR count). The van der Waals surface area contributed by atoms with Gasteiger partial charge >= 0.3 is 6.09 Å². The zero-order valence-corrected chi connectivity index (χ0v) is 12.5. The van der Waals surface area contributed by atoms with Crippen molar-refractivity contribution in [3.05, 3.63) is 35.9 Å². The van der Waals surface area contributed by atoms with Crippen molar-refractivity contribution in [1.29, 1.82) is 0 Å². The summed E-state index contributed by atoms with van der Waals surface area (Å²) in [6.45, 7) is 8.44. The van der Waals surface area contributed by atoms with Crippen molar-refractivity contribution in [1.82, 2.24) is 4.90 Å². The third-order valence-electron chi connectivity index (χ3n) is 3.50. The van der Waals surface area contributed by atoms with Gasteiger partial charge in [-0.1, -0.05) is 51.1 Å². The number of benzene rings is 1. The maximum absolute atomic E-state index is 12.1. The molecule has 0 aliphatic carbocycles. The SMILES string of the molecule is CC(C)(C)C1CN(C(=O)OCc2ccccc2)CCO1. The number of hydrogen-bond donors (Lipinski definition) is 0. The Morgan fingerprint density at radius 1 is 1.35 bits per heavy atom. The summed E-state index contributed by atoms with van der Waals surface area (Å²) >= 11 is 0. The van der Waals surface area contributed by atoms with E-state index in [-0.39, 0.29) is 17.6 Å². The Bertz CT molecular complexity index is 439. The number of carbonyl (C=O) groups is 1. The van der Waals surface area contributed by atoms with Crippen LogP contribution in [-0.2, 0) is 16.1 Å². The van der Waals surface area contributed by atoms with Gasteiger partial charge in [-0.3, -0.25) is 0 Å². The average Bonchev–Trinajstić information content (AvgIpc) is 2.45. The van der Waals surface area contributed by atoms with Crippen molar-refractivity contribution in [2.45, 2.75) is 33.5 Å². The van der Waals surface area contributed by atoms with Gasteiger partial charge in [0, 0.05) is 6.54 Å². The van der Waals surface area contributed by atoms with Crippen molar-refractivity contribution in [2.24, 2.45) is 5.41 Å². The van der Waals surface area contributed by atoms with E-state index in [4.69, 9.17) is 9.47 Å². The molecule has 20 heavy (non-hydrogen) atoms. The first-order valence-electron chi connectivity index (χ1n) is 7.04. The lowest BCUT2D eigenvalue weighted by atomic mass is 9.88. The number of ether oxygens (including phenoxy) is 2. The lowest BCUT2D eigenvalue weighted by molar-refractivity contribution is -0.0755. The van der Waals surface area contributed by atoms with Gasteiger partial charge in [0.05, 0.1) is 19.3 Å². The second kappa shape index (κ2) is 6.27. The molecule has 1 aliphatic heterocycles. The summed E-state index contributed by atoms with van der Waals surface area (Å²) in [6.07, 6.45) is -0.202. The summed E-state index contributed by atoms with van der Waals surface area (Å²) in [6, 6.07) is 9.72. The summed E-state index contributed by atoms with van der Waals surface area (Å²) in [5.74, 6) is 0. The zero-order chi connectivity index (χ0) is 14.6. The average molecular weight is 277 g/mol. The van der Waals surface area contributed by atoms with E-state index in [0.29, 0.717) is 26.3 Å². The van der Waals surface area contributed by atoms with Crippen LogP contribution in [0.15, 0.2) is 30.3 Å². The Morgan fingerprint density at radius 2 is 2.05 bits per heavy atom. The smallest absolute Gasteiger partial charge is 0.410 e. The Hall–Kier alpha value is -1.55. The van der Waals surface area contributed by atoms with E-state index in [1.165, 1.54) is 0 Å². The van der Waals surface area contributed by atoms with Crippen LogP contribution in [0.3, 0.4) is 0 Å². The second-order valence-corrected chi connectivity index (χ2v) is 6.21. The largest absolute Gasteiger partial charge is 0.445 e. The quantitative estimate of drug-likeness (QED) is 0.834. The molecule has 4 nitrogen and oxygen atoms in total. The van der Waals surface area contributed by atoms with Crippen LogP contribution in [0.25, 0.3) is 0 Å². The zero-order valence-electron chi connectivity index (χ0n) is 12.5. The molecule has 0 saturated carbocycles. The number of carbonyl (C=O) groups excluding carboxylic acids is 1. The van der Waals surface area contributed by atoms with Gasteiger partial charge in [-0.15, -0.1) is 0 Å². The standard InChI is InChI=1S/C16H23NO3/c1-16(2,3)14-11-17(9-10-19-14)15(18)20-12-13-7-5-4-6-8-13/h4-8,14H,9-12H2,1-3H3. The van der Waals surface area contributed by atoms with Gasteiger partial charge in [0.15, 0.2) is 0 Å². The molecule has 110 valence electrons. The van der Waals surface area contributed by atoms with Gasteiger partial charge in [-0.05, 0) is 11.0 Å². The number of hydrogen-bond acceptors (Lipinski definition) is 3. The molecule has 1 saturated heterocycles. The third-order valence-corrected chi connectivity index (χ3v) is 3.50. The molecule has 1 heterocycles. The molecule has 1 aliphatic rings. The van der Waals surface area contributed by atoms with Crippen molar-refractivity contribution in [2.75, 3.05) is 19.7 Å². The summed E-state index contributed by atoms with van der Waals surface area (Å²) in [7, 11) is 0. The van der Waals surface area contributed by atoms with E-state index in [1.54, 1.807) is 4.90 Å². The molecular formula is C16H23NO3. The summed E-state index contributed by atoms with van der Waals surface area (Å²) in [5.41, 5.74) is 1.03. The van der Waals surface area contributed by atoms with Crippen LogP contribution in [0.1, 0.15) is 26.3 Å². The number of nitrogens with zero attached hydrogens (tertiary/aromatic N) is 1. The highest BCUT2D eigenvalue weighted by molar-refractivity contribution is 5.67. The van der Waals surface area contributed by atoms with Gasteiger partial charge in [0.25, 0.3) is 0 Å². The van der Waals surface area contributed by atoms with E-state index in [9.17, 15) is 4.79 Å². The molecular weight excluding hydrogens is 254 g/mol. The van der Waals surface area contributed by atoms with Crippen LogP contribution in [-0.4, -0.2) is 36.8 Å². The van der Waals surface area contributed by atoms with E-state index < -0.39 is 0 Å². The van der Waals surface area contributed by atoms with Crippen LogP contribution in [0.5, 0.6) is 0 Å². The third kappa shape index (κ3) is 3.97. The first-order valence-corrected chi connectivity index (χ1v) is 7.04. The second-order valence-electron chi connectivity index (χ2n) is 6.21. The van der Waals surface area contributed by atoms with Crippen molar-refractivity contribution in [3.8, 4) is 0 Å². The maximum Gasteiger partial charge on any atom is 0.410 e. The van der Waals surface area contributed by atoms with E-state index in [2.05, 4.69) is 20.8 Å². The van der Waals surface area contributed by atoms with Crippen LogP contribution < -0.4 is 0 Å². The topological polar surface area (TPSA) is 38.8 Å². The first kappa shape index (κ1) is 14.9. The lowest BCUT2D eigenvalue weighted by Gasteiger charge is -2.38. The summed E-state index contributed by atoms with van der Waals surface area (Å²) < 4.78 is 11.1. The molecule has 0 radical (unpaired) electrons. The monoisotopic (exact) mass is 277 g/mol. The van der Waals surface area contributed by atoms with E-state index >= 15 is 0 Å². The van der Waals surface area contributed by atoms with Crippen molar-refractivity contribution < 1.29 is 14.3 Å². The van der Waals surface area contributed by atoms with Gasteiger partial charge < -0.3 is 14.4 Å². The molecule has 0 N–H and O–H groups in total. The fourth-order valence-electron chi connectivity index (χ4n) is 2.15. The Labute approximate surface area is 120 Å². The molecule has 1 unspecified atom stereocenters. The van der Waals surface area contributed by atoms with E-state index in [1.807, 2.05) is 30.3 Å². The van der Waals surface area contributed by atoms with Crippen LogP contribution in [0.4, 0.5) is 4.79 Å². The predicted octanol–water partition coefficient (Wildman–Crippen LogP) is 3.07. The fraction of sp³-hybridized carbons (Fsp3) is 0.562. The molecule has 1 fully saturated rings. The normalized spacial score (nSPS) is 19.8. The highest BCUT2D eigenvalue weighted by Gasteiger charge is 2.33. The predicted molar refractivity (Wildman–Crippen MR) is 77.4 cm³/mol. The summed E-state index contributed by atoms with van der Waals surface area (Å²) in [5, 5.41) is 0. The minimum Gasteiger partial charge on any atom is -0.445 e. The molecule has 4 heteroatoms. The molecule has 1 amide bonds. The molecule has 1 aromatic carbocycles. The summed E-state index contributed by atoms with van der Waals surface area (Å²) in [4.78, 5) is 13.8. The van der Waals surface area contributed by atoms with Gasteiger partial charge in [0.2, 0.25) is 0 Å². The van der Waals surface area contributed by atoms with Gasteiger partial charge in [-0.25, -0.2) is 4.79 Å². The number of amides is 1. The Kier molecular flexibility index (Phi) is 4.65. The van der Waals surface area contributed by atoms with Gasteiger partial charge in [0.1, 0.15) is 6.61 Å². The minimum absolute atomic E-state index is 0.0262. The van der Waals surface area contributed by atoms with Gasteiger partial charge in [-0.2, -0.15) is 0 Å². The van der Waals surface area contributed by atoms with E-state index in [0.717, 1.165) is 5.56 Å². The number of morpholine rings is 1. The molecule has 0 aromatic heterocycles. The van der Waals surface area contributed by atoms with Crippen LogP contribution >= 0.6 is 0 Å². The maximum atomic E-state index is 12.1. The Balaban J connectivity index is 1.86. The van der Waals surface area contributed by atoms with Crippen molar-refractivity contribution >= 4 is 6.09 Å². The van der Waals surface area contributed by atoms with Crippen LogP contribution in [0.2, 0.25) is 0 Å². The molecule has 1 aromatic rings. The Morgan fingerprint density at radius 3 is 2.70 bits per heavy atom. The highest BCUT2D eigenvalue weighted by atomic mass is 16.6. The first-order chi connectivity index (χ1) is 9.47. The highest BCUT2D eigenvalue weighted by Crippen LogP contribution is 2.25. The van der Waals surface area contributed by atoms with Crippen LogP contribution in [0, 0.1) is 5.41 Å². The van der Waals surface area contributed by atoms with Crippen molar-refractivity contribution in [3.63, 3.8) is 0 Å². The fourth-order valence-corrected chi connectivity index (χ4v) is 2.15. The lowest BCUT2D eigenvalue weighted by Crippen LogP contribution is -2.50. The minimum atomic E-state index is -0.258.